The van der Waals surface area contributed by atoms with Gasteiger partial charge in [0.05, 0.1) is 0 Å². The maximum absolute atomic E-state index is 3.89. The zero-order valence-electron chi connectivity index (χ0n) is 18.9. The van der Waals surface area contributed by atoms with Gasteiger partial charge in [-0.05, 0) is 0 Å². The van der Waals surface area contributed by atoms with Crippen LogP contribution in [0.3, 0.4) is 0 Å². The van der Waals surface area contributed by atoms with Gasteiger partial charge in [-0.3, -0.25) is 0 Å². The summed E-state index contributed by atoms with van der Waals surface area (Å²) in [5.41, 5.74) is 10.6. The second-order valence-electron chi connectivity index (χ2n) is 8.41. The molecule has 152 valence electrons. The van der Waals surface area contributed by atoms with Crippen molar-refractivity contribution < 1.29 is 21.4 Å². The number of hydrogen-bond donors (Lipinski definition) is 0. The summed E-state index contributed by atoms with van der Waals surface area (Å²) in [6.45, 7) is 18.1. The van der Waals surface area contributed by atoms with E-state index in [0.717, 1.165) is 0 Å². The number of rotatable bonds is 4. The topological polar surface area (TPSA) is 19.7 Å². The van der Waals surface area contributed by atoms with Crippen LogP contribution in [0.2, 0.25) is 0 Å². The van der Waals surface area contributed by atoms with Gasteiger partial charge in [-0.2, -0.15) is 0 Å². The van der Waals surface area contributed by atoms with Crippen molar-refractivity contribution in [1.82, 2.24) is 10.0 Å². The van der Waals surface area contributed by atoms with E-state index in [2.05, 4.69) is 114 Å². The molecule has 0 fully saturated rings. The number of hydrogen-bond acceptors (Lipinski definition) is 0. The third kappa shape index (κ3) is 2.74. The molecule has 0 aliphatic carbocycles. The molecule has 0 bridgehead atoms. The number of aryl methyl sites for hydroxylation is 8. The van der Waals surface area contributed by atoms with Gasteiger partial charge < -0.3 is 0 Å². The summed E-state index contributed by atoms with van der Waals surface area (Å²) < 4.78 is 10.8. The molecule has 0 saturated carbocycles. The fourth-order valence-electron chi connectivity index (χ4n) is 5.17. The van der Waals surface area contributed by atoms with E-state index in [1.807, 2.05) is 0 Å². The number of aromatic nitrogens is 4. The summed E-state index contributed by atoms with van der Waals surface area (Å²) in [5, 5.41) is 0. The van der Waals surface area contributed by atoms with E-state index in [1.165, 1.54) is 45.6 Å². The van der Waals surface area contributed by atoms with Crippen LogP contribution in [0.25, 0.3) is 0 Å². The molecule has 4 nitrogen and oxygen atoms in total. The first-order valence-electron chi connectivity index (χ1n) is 10.3. The van der Waals surface area contributed by atoms with Crippen LogP contribution in [0, 0.1) is 55.4 Å². The SMILES string of the molecule is Cc1ccc(C)[n]1[Zr]([n]1c(C)ccc1C)([n]1c(C)ccc1C)[n]1c(C)ccc1C. The zero-order chi connectivity index (χ0) is 21.1. The Balaban J connectivity index is 2.35. The Labute approximate surface area is 180 Å². The normalized spacial score (nSPS) is 12.1. The molecule has 4 rings (SSSR count). The van der Waals surface area contributed by atoms with Crippen LogP contribution in [0.5, 0.6) is 0 Å². The van der Waals surface area contributed by atoms with Crippen molar-refractivity contribution in [2.45, 2.75) is 55.4 Å². The van der Waals surface area contributed by atoms with Gasteiger partial charge >= 0.3 is 181 Å². The van der Waals surface area contributed by atoms with Crippen LogP contribution in [-0.2, 0) is 21.4 Å². The van der Waals surface area contributed by atoms with Gasteiger partial charge in [0.1, 0.15) is 0 Å². The van der Waals surface area contributed by atoms with E-state index in [-0.39, 0.29) is 0 Å². The van der Waals surface area contributed by atoms with Crippen molar-refractivity contribution in [2.75, 3.05) is 0 Å². The van der Waals surface area contributed by atoms with Crippen molar-refractivity contribution in [2.24, 2.45) is 0 Å². The van der Waals surface area contributed by atoms with Gasteiger partial charge in [0.15, 0.2) is 0 Å². The molecule has 0 aromatic carbocycles. The minimum atomic E-state index is -3.89. The van der Waals surface area contributed by atoms with Crippen LogP contribution in [0.1, 0.15) is 45.6 Å². The van der Waals surface area contributed by atoms with Crippen molar-refractivity contribution >= 4 is 0 Å². The second-order valence-corrected chi connectivity index (χ2v) is 15.8. The Kier molecular flexibility index (Phi) is 4.93. The van der Waals surface area contributed by atoms with E-state index in [4.69, 9.17) is 0 Å². The standard InChI is InChI=1S/4C6H8N.Zr/c4*1-5-3-4-6(2)7-5;/h4*3-4H,1-2H3;/q4*-1;+4. The molecule has 5 heteroatoms. The molecular formula is C24H32N4Zr. The fraction of sp³-hybridized carbons (Fsp3) is 0.333. The molecule has 0 spiro atoms. The molecule has 0 N–H and O–H groups in total. The summed E-state index contributed by atoms with van der Waals surface area (Å²) in [7, 11) is 0. The molecule has 0 radical (unpaired) electrons. The van der Waals surface area contributed by atoms with Crippen molar-refractivity contribution in [3.8, 4) is 0 Å². The van der Waals surface area contributed by atoms with E-state index in [9.17, 15) is 0 Å². The summed E-state index contributed by atoms with van der Waals surface area (Å²) in [6.07, 6.45) is 0. The van der Waals surface area contributed by atoms with Gasteiger partial charge in [0.25, 0.3) is 0 Å². The van der Waals surface area contributed by atoms with Crippen molar-refractivity contribution in [3.05, 3.63) is 94.1 Å². The van der Waals surface area contributed by atoms with Gasteiger partial charge in [-0.25, -0.2) is 0 Å². The van der Waals surface area contributed by atoms with E-state index in [1.54, 1.807) is 0 Å². The maximum atomic E-state index is 2.69. The van der Waals surface area contributed by atoms with Gasteiger partial charge in [-0.1, -0.05) is 0 Å². The average Bonchev–Trinajstić information content (AvgIpc) is 3.37. The molecule has 0 aliphatic rings. The Morgan fingerprint density at radius 1 is 0.345 bits per heavy atom. The molecule has 0 atom stereocenters. The average molecular weight is 468 g/mol. The van der Waals surface area contributed by atoms with Crippen LogP contribution in [0.15, 0.2) is 48.5 Å². The molecule has 0 aliphatic heterocycles. The van der Waals surface area contributed by atoms with E-state index < -0.39 is 21.4 Å². The molecular weight excluding hydrogens is 436 g/mol. The fourth-order valence-corrected chi connectivity index (χ4v) is 18.9. The first-order chi connectivity index (χ1) is 13.7. The third-order valence-electron chi connectivity index (χ3n) is 6.28. The van der Waals surface area contributed by atoms with Crippen molar-refractivity contribution in [1.29, 1.82) is 0 Å². The van der Waals surface area contributed by atoms with Crippen LogP contribution in [-0.4, -0.2) is 10.0 Å². The molecule has 0 amide bonds. The molecule has 4 heterocycles. The molecule has 4 aromatic rings. The number of nitrogens with zero attached hydrogens (tertiary/aromatic N) is 4. The Morgan fingerprint density at radius 2 is 0.483 bits per heavy atom. The van der Waals surface area contributed by atoms with Gasteiger partial charge in [-0.15, -0.1) is 0 Å². The van der Waals surface area contributed by atoms with Crippen LogP contribution in [0.4, 0.5) is 0 Å². The summed E-state index contributed by atoms with van der Waals surface area (Å²) in [6, 6.07) is 18.2. The second kappa shape index (κ2) is 7.05. The molecule has 29 heavy (non-hydrogen) atoms. The first-order valence-corrected chi connectivity index (χ1v) is 14.7. The Hall–Kier alpha value is -2.00. The van der Waals surface area contributed by atoms with Crippen LogP contribution < -0.4 is 0 Å². The summed E-state index contributed by atoms with van der Waals surface area (Å²) >= 11 is -3.89. The molecule has 0 saturated heterocycles. The van der Waals surface area contributed by atoms with Gasteiger partial charge in [0.2, 0.25) is 0 Å². The molecule has 4 aromatic heterocycles. The first kappa shape index (κ1) is 20.3. The predicted octanol–water partition coefficient (Wildman–Crippen LogP) is 5.67. The van der Waals surface area contributed by atoms with Crippen molar-refractivity contribution in [3.63, 3.8) is 0 Å². The van der Waals surface area contributed by atoms with E-state index in [0.29, 0.717) is 0 Å². The van der Waals surface area contributed by atoms with Crippen LogP contribution >= 0.6 is 0 Å². The summed E-state index contributed by atoms with van der Waals surface area (Å²) in [4.78, 5) is 0. The summed E-state index contributed by atoms with van der Waals surface area (Å²) in [5.74, 6) is 0. The van der Waals surface area contributed by atoms with E-state index >= 15 is 0 Å². The Bertz CT molecular complexity index is 930. The minimum absolute atomic E-state index is 1.32. The predicted molar refractivity (Wildman–Crippen MR) is 117 cm³/mol. The molecule has 0 unspecified atom stereocenters. The quantitative estimate of drug-likeness (QED) is 0.369. The van der Waals surface area contributed by atoms with Gasteiger partial charge in [0, 0.05) is 0 Å². The Morgan fingerprint density at radius 3 is 0.621 bits per heavy atom. The zero-order valence-corrected chi connectivity index (χ0v) is 21.4. The monoisotopic (exact) mass is 466 g/mol. The third-order valence-corrected chi connectivity index (χ3v) is 19.1.